The summed E-state index contributed by atoms with van der Waals surface area (Å²) in [6, 6.07) is 5.71. The summed E-state index contributed by atoms with van der Waals surface area (Å²) in [5.41, 5.74) is 0.296. The van der Waals surface area contributed by atoms with Gasteiger partial charge in [0, 0.05) is 12.1 Å². The number of benzene rings is 2. The summed E-state index contributed by atoms with van der Waals surface area (Å²) in [5.74, 6) is 0.801. The molecule has 1 N–H and O–H groups in total. The third-order valence-corrected chi connectivity index (χ3v) is 4.20. The molecule has 9 heteroatoms. The molecule has 0 fully saturated rings. The van der Waals surface area contributed by atoms with E-state index in [0.717, 1.165) is 0 Å². The Labute approximate surface area is 158 Å². The first-order valence-corrected chi connectivity index (χ1v) is 7.91. The van der Waals surface area contributed by atoms with Crippen molar-refractivity contribution in [2.45, 2.75) is 0 Å². The van der Waals surface area contributed by atoms with Crippen molar-refractivity contribution in [1.82, 2.24) is 0 Å². The van der Waals surface area contributed by atoms with E-state index >= 15 is 0 Å². The van der Waals surface area contributed by atoms with E-state index in [1.54, 1.807) is 0 Å². The number of halogens is 4. The van der Waals surface area contributed by atoms with Gasteiger partial charge in [0.2, 0.25) is 0 Å². The number of anilines is 1. The minimum absolute atomic E-state index is 0.0575. The molecule has 1 amide bonds. The van der Waals surface area contributed by atoms with Crippen LogP contribution in [0.4, 0.5) is 10.5 Å². The second kappa shape index (κ2) is 8.03. The zero-order valence-corrected chi connectivity index (χ0v) is 15.5. The number of hydrogen-bond acceptors (Lipinski definition) is 4. The van der Waals surface area contributed by atoms with Crippen LogP contribution < -0.4 is 19.5 Å². The van der Waals surface area contributed by atoms with E-state index in [4.69, 9.17) is 60.6 Å². The lowest BCUT2D eigenvalue weighted by atomic mass is 10.2. The van der Waals surface area contributed by atoms with Crippen molar-refractivity contribution in [2.75, 3.05) is 19.5 Å². The molecular weight excluding hydrogens is 400 g/mol. The smallest absolute Gasteiger partial charge is 0.417 e. The summed E-state index contributed by atoms with van der Waals surface area (Å²) in [6.45, 7) is 0. The molecule has 5 nitrogen and oxygen atoms in total. The SMILES string of the molecule is COc1cc(OC)c(NC(=O)Oc2cc(Cl)c(Cl)cc2Cl)cc1Cl. The molecule has 0 spiro atoms. The molecule has 0 aliphatic heterocycles. The van der Waals surface area contributed by atoms with Crippen LogP contribution in [0.25, 0.3) is 0 Å². The second-order valence-corrected chi connectivity index (χ2v) is 6.03. The van der Waals surface area contributed by atoms with Crippen molar-refractivity contribution < 1.29 is 19.0 Å². The summed E-state index contributed by atoms with van der Waals surface area (Å²) in [6.07, 6.45) is -0.810. The van der Waals surface area contributed by atoms with Crippen LogP contribution in [0.15, 0.2) is 24.3 Å². The average molecular weight is 411 g/mol. The van der Waals surface area contributed by atoms with Gasteiger partial charge in [0.15, 0.2) is 5.75 Å². The van der Waals surface area contributed by atoms with E-state index in [2.05, 4.69) is 5.32 Å². The predicted molar refractivity (Wildman–Crippen MR) is 95.7 cm³/mol. The Morgan fingerprint density at radius 1 is 0.792 bits per heavy atom. The van der Waals surface area contributed by atoms with E-state index < -0.39 is 6.09 Å². The highest BCUT2D eigenvalue weighted by Crippen LogP contribution is 2.37. The molecule has 0 aliphatic carbocycles. The summed E-state index contributed by atoms with van der Waals surface area (Å²) in [5, 5.41) is 3.38. The van der Waals surface area contributed by atoms with Gasteiger partial charge in [0.1, 0.15) is 11.5 Å². The molecule has 2 aromatic rings. The Bertz CT molecular complexity index is 783. The van der Waals surface area contributed by atoms with Gasteiger partial charge in [0.25, 0.3) is 0 Å². The van der Waals surface area contributed by atoms with Gasteiger partial charge < -0.3 is 14.2 Å². The maximum absolute atomic E-state index is 12.1. The highest BCUT2D eigenvalue weighted by molar-refractivity contribution is 6.43. The van der Waals surface area contributed by atoms with E-state index in [1.807, 2.05) is 0 Å². The molecule has 128 valence electrons. The maximum atomic E-state index is 12.1. The summed E-state index contributed by atoms with van der Waals surface area (Å²) in [7, 11) is 2.91. The zero-order valence-electron chi connectivity index (χ0n) is 12.5. The molecule has 0 saturated heterocycles. The quantitative estimate of drug-likeness (QED) is 0.634. The molecule has 0 unspecified atom stereocenters. The van der Waals surface area contributed by atoms with Gasteiger partial charge in [-0.25, -0.2) is 4.79 Å². The molecule has 0 aromatic heterocycles. The highest BCUT2D eigenvalue weighted by atomic mass is 35.5. The van der Waals surface area contributed by atoms with Gasteiger partial charge in [-0.05, 0) is 12.1 Å². The number of amides is 1. The second-order valence-electron chi connectivity index (χ2n) is 4.40. The van der Waals surface area contributed by atoms with E-state index in [-0.39, 0.29) is 20.8 Å². The maximum Gasteiger partial charge on any atom is 0.417 e. The Balaban J connectivity index is 2.21. The van der Waals surface area contributed by atoms with Gasteiger partial charge in [-0.3, -0.25) is 5.32 Å². The zero-order chi connectivity index (χ0) is 17.9. The lowest BCUT2D eigenvalue weighted by molar-refractivity contribution is 0.215. The molecule has 0 radical (unpaired) electrons. The summed E-state index contributed by atoms with van der Waals surface area (Å²) >= 11 is 23.7. The Kier molecular flexibility index (Phi) is 6.29. The van der Waals surface area contributed by atoms with E-state index in [1.165, 1.54) is 38.5 Å². The Hall–Kier alpha value is -1.53. The van der Waals surface area contributed by atoms with Crippen LogP contribution in [-0.4, -0.2) is 20.3 Å². The van der Waals surface area contributed by atoms with Crippen molar-refractivity contribution in [3.63, 3.8) is 0 Å². The molecule has 2 aromatic carbocycles. The summed E-state index contributed by atoms with van der Waals surface area (Å²) in [4.78, 5) is 12.1. The van der Waals surface area contributed by atoms with Crippen LogP contribution in [0, 0.1) is 0 Å². The number of ether oxygens (including phenoxy) is 3. The molecule has 2 rings (SSSR count). The fourth-order valence-corrected chi connectivity index (χ4v) is 2.59. The Morgan fingerprint density at radius 2 is 1.38 bits per heavy atom. The van der Waals surface area contributed by atoms with Crippen molar-refractivity contribution in [3.05, 3.63) is 44.4 Å². The lowest BCUT2D eigenvalue weighted by Gasteiger charge is -2.13. The topological polar surface area (TPSA) is 56.8 Å². The predicted octanol–water partition coefficient (Wildman–Crippen LogP) is 5.93. The van der Waals surface area contributed by atoms with Crippen molar-refractivity contribution >= 4 is 58.2 Å². The lowest BCUT2D eigenvalue weighted by Crippen LogP contribution is -2.17. The van der Waals surface area contributed by atoms with Crippen LogP contribution in [-0.2, 0) is 0 Å². The molecule has 0 bridgehead atoms. The number of hydrogen-bond donors (Lipinski definition) is 1. The van der Waals surface area contributed by atoms with Crippen LogP contribution in [0.1, 0.15) is 0 Å². The molecule has 0 saturated carbocycles. The minimum atomic E-state index is -0.810. The average Bonchev–Trinajstić information content (AvgIpc) is 2.53. The van der Waals surface area contributed by atoms with Gasteiger partial charge in [0.05, 0.1) is 40.0 Å². The molecule has 0 heterocycles. The van der Waals surface area contributed by atoms with Crippen molar-refractivity contribution in [3.8, 4) is 17.2 Å². The molecule has 0 atom stereocenters. The fraction of sp³-hybridized carbons (Fsp3) is 0.133. The third-order valence-electron chi connectivity index (χ3n) is 2.89. The standard InChI is InChI=1S/C15H11Cl4NO4/c1-22-12-6-14(23-2)11(4-10(12)19)20-15(21)24-13-5-8(17)7(16)3-9(13)18/h3-6H,1-2H3,(H,20,21). The van der Waals surface area contributed by atoms with Gasteiger partial charge >= 0.3 is 6.09 Å². The van der Waals surface area contributed by atoms with Crippen LogP contribution in [0.5, 0.6) is 17.2 Å². The number of carbonyl (C=O) groups is 1. The minimum Gasteiger partial charge on any atom is -0.495 e. The van der Waals surface area contributed by atoms with Crippen LogP contribution in [0.2, 0.25) is 20.1 Å². The molecule has 0 aliphatic rings. The van der Waals surface area contributed by atoms with Crippen LogP contribution in [0.3, 0.4) is 0 Å². The van der Waals surface area contributed by atoms with Gasteiger partial charge in [-0.2, -0.15) is 0 Å². The first-order chi connectivity index (χ1) is 11.3. The summed E-state index contributed by atoms with van der Waals surface area (Å²) < 4.78 is 15.4. The molecule has 24 heavy (non-hydrogen) atoms. The number of nitrogens with one attached hydrogen (secondary N) is 1. The number of methoxy groups -OCH3 is 2. The normalized spacial score (nSPS) is 10.2. The third kappa shape index (κ3) is 4.30. The van der Waals surface area contributed by atoms with Crippen molar-refractivity contribution in [2.24, 2.45) is 0 Å². The first-order valence-electron chi connectivity index (χ1n) is 6.40. The largest absolute Gasteiger partial charge is 0.495 e. The number of rotatable bonds is 4. The monoisotopic (exact) mass is 409 g/mol. The highest BCUT2D eigenvalue weighted by Gasteiger charge is 2.16. The molecular formula is C15H11Cl4NO4. The van der Waals surface area contributed by atoms with E-state index in [0.29, 0.717) is 22.2 Å². The Morgan fingerprint density at radius 3 is 2.00 bits per heavy atom. The van der Waals surface area contributed by atoms with Crippen molar-refractivity contribution in [1.29, 1.82) is 0 Å². The fourth-order valence-electron chi connectivity index (χ4n) is 1.78. The number of carbonyl (C=O) groups excluding carboxylic acids is 1. The van der Waals surface area contributed by atoms with E-state index in [9.17, 15) is 4.79 Å². The van der Waals surface area contributed by atoms with Gasteiger partial charge in [-0.15, -0.1) is 0 Å². The van der Waals surface area contributed by atoms with Gasteiger partial charge in [-0.1, -0.05) is 46.4 Å². The van der Waals surface area contributed by atoms with Crippen LogP contribution >= 0.6 is 46.4 Å². The first kappa shape index (κ1) is 18.8.